The summed E-state index contributed by atoms with van der Waals surface area (Å²) in [6.07, 6.45) is -12.6. The van der Waals surface area contributed by atoms with Crippen molar-refractivity contribution in [1.82, 2.24) is 0 Å². The first-order valence-electron chi connectivity index (χ1n) is 4.15. The molecule has 0 heterocycles. The highest BCUT2D eigenvalue weighted by molar-refractivity contribution is 7.09. The number of hydrogen-bond donors (Lipinski definition) is 0. The molecule has 0 saturated carbocycles. The van der Waals surface area contributed by atoms with Crippen molar-refractivity contribution in [1.29, 1.82) is 0 Å². The molecule has 114 valence electrons. The molecule has 0 bridgehead atoms. The summed E-state index contributed by atoms with van der Waals surface area (Å²) in [6, 6.07) is 0. The quantitative estimate of drug-likeness (QED) is 0.318. The van der Waals surface area contributed by atoms with Gasteiger partial charge in [0.25, 0.3) is 0 Å². The Morgan fingerprint density at radius 3 is 1.68 bits per heavy atom. The van der Waals surface area contributed by atoms with Gasteiger partial charge in [-0.1, -0.05) is 0 Å². The van der Waals surface area contributed by atoms with Crippen LogP contribution in [0.3, 0.4) is 0 Å². The van der Waals surface area contributed by atoms with Gasteiger partial charge in [-0.05, 0) is 0 Å². The Hall–Kier alpha value is -0.640. The van der Waals surface area contributed by atoms with Crippen LogP contribution in [0.4, 0.5) is 39.5 Å². The van der Waals surface area contributed by atoms with Crippen LogP contribution in [0, 0.1) is 0 Å². The van der Waals surface area contributed by atoms with E-state index in [1.54, 1.807) is 0 Å². The first-order valence-corrected chi connectivity index (χ1v) is 4.63. The van der Waals surface area contributed by atoms with Gasteiger partial charge in [0.2, 0.25) is 0 Å². The molecule has 0 aliphatic heterocycles. The Kier molecular flexibility index (Phi) is 5.58. The van der Waals surface area contributed by atoms with Crippen molar-refractivity contribution in [3.05, 3.63) is 0 Å². The lowest BCUT2D eigenvalue weighted by molar-refractivity contribution is -0.404. The topological polar surface area (TPSA) is 34.0 Å². The molecule has 0 saturated heterocycles. The molecule has 0 radical (unpaired) electrons. The molecule has 0 aliphatic carbocycles. The third-order valence-electron chi connectivity index (χ3n) is 1.87. The van der Waals surface area contributed by atoms with Crippen molar-refractivity contribution >= 4 is 9.47 Å². The maximum Gasteiger partial charge on any atom is 0.437 e. The van der Waals surface area contributed by atoms with E-state index < -0.39 is 37.2 Å². The lowest BCUT2D eigenvalue weighted by atomic mass is 9.95. The van der Waals surface area contributed by atoms with Crippen molar-refractivity contribution in [2.75, 3.05) is 13.3 Å². The summed E-state index contributed by atoms with van der Waals surface area (Å²) in [5.41, 5.74) is -6.36. The van der Waals surface area contributed by atoms with Gasteiger partial charge < -0.3 is 4.52 Å². The Labute approximate surface area is 102 Å². The molecule has 0 amide bonds. The molecule has 0 aromatic rings. The number of azo groups is 1. The Morgan fingerprint density at radius 1 is 0.895 bits per heavy atom. The summed E-state index contributed by atoms with van der Waals surface area (Å²) in [4.78, 5) is 0. The van der Waals surface area contributed by atoms with E-state index in [0.717, 1.165) is 0 Å². The number of alkyl halides is 9. The highest BCUT2D eigenvalue weighted by Crippen LogP contribution is 2.54. The third-order valence-corrected chi connectivity index (χ3v) is 2.16. The van der Waals surface area contributed by atoms with Crippen molar-refractivity contribution in [2.45, 2.75) is 23.9 Å². The highest BCUT2D eigenvalue weighted by Gasteiger charge is 2.84. The van der Waals surface area contributed by atoms with Crippen LogP contribution in [-0.2, 0) is 4.52 Å². The van der Waals surface area contributed by atoms with Gasteiger partial charge in [-0.25, -0.2) is 17.6 Å². The van der Waals surface area contributed by atoms with Gasteiger partial charge in [-0.3, -0.25) is 0 Å². The minimum absolute atomic E-state index is 0.547. The van der Waals surface area contributed by atoms with E-state index >= 15 is 0 Å². The number of nitrogens with zero attached hydrogens (tertiary/aromatic N) is 2. The summed E-state index contributed by atoms with van der Waals surface area (Å²) < 4.78 is 116. The molecule has 13 heteroatoms. The normalized spacial score (nSPS) is 17.8. The maximum atomic E-state index is 13.3. The zero-order chi connectivity index (χ0) is 15.5. The molecule has 3 nitrogen and oxygen atoms in total. The van der Waals surface area contributed by atoms with E-state index in [-0.39, 0.29) is 0 Å². The Bertz CT molecular complexity index is 333. The SMILES string of the molecule is FCN=NCC(F)(F)C(F)(C(F)(F)F)C(F)(F)OP. The van der Waals surface area contributed by atoms with Crippen LogP contribution in [0.1, 0.15) is 0 Å². The summed E-state index contributed by atoms with van der Waals surface area (Å²) in [7, 11) is 0.547. The fourth-order valence-corrected chi connectivity index (χ4v) is 1.11. The van der Waals surface area contributed by atoms with Crippen LogP contribution in [0.15, 0.2) is 10.2 Å². The van der Waals surface area contributed by atoms with Gasteiger partial charge in [0.05, 0.1) is 0 Å². The summed E-state index contributed by atoms with van der Waals surface area (Å²) in [5.74, 6) is -5.73. The van der Waals surface area contributed by atoms with Crippen molar-refractivity contribution in [2.24, 2.45) is 10.2 Å². The lowest BCUT2D eigenvalue weighted by Gasteiger charge is -2.37. The molecule has 0 aromatic carbocycles. The summed E-state index contributed by atoms with van der Waals surface area (Å²) >= 11 is 0. The lowest BCUT2D eigenvalue weighted by Crippen LogP contribution is -2.67. The molecule has 0 aromatic heterocycles. The number of hydrogen-bond acceptors (Lipinski definition) is 3. The number of halogens is 9. The molecule has 0 N–H and O–H groups in total. The molecule has 19 heavy (non-hydrogen) atoms. The van der Waals surface area contributed by atoms with E-state index in [1.807, 2.05) is 0 Å². The second kappa shape index (κ2) is 5.78. The largest absolute Gasteiger partial charge is 0.437 e. The summed E-state index contributed by atoms with van der Waals surface area (Å²) in [5, 5.41) is 4.37. The fourth-order valence-electron chi connectivity index (χ4n) is 0.952. The first kappa shape index (κ1) is 18.4. The molecule has 0 aliphatic rings. The monoisotopic (exact) mass is 324 g/mol. The predicted octanol–water partition coefficient (Wildman–Crippen LogP) is 3.67. The van der Waals surface area contributed by atoms with E-state index in [2.05, 4.69) is 14.8 Å². The average molecular weight is 324 g/mol. The Morgan fingerprint density at radius 2 is 1.37 bits per heavy atom. The van der Waals surface area contributed by atoms with Crippen LogP contribution < -0.4 is 0 Å². The third kappa shape index (κ3) is 3.28. The van der Waals surface area contributed by atoms with Crippen LogP contribution in [0.5, 0.6) is 0 Å². The summed E-state index contributed by atoms with van der Waals surface area (Å²) in [6.45, 7) is -4.12. The van der Waals surface area contributed by atoms with Gasteiger partial charge in [0.15, 0.2) is 6.80 Å². The highest BCUT2D eigenvalue weighted by atomic mass is 31.0. The van der Waals surface area contributed by atoms with Crippen molar-refractivity contribution in [3.8, 4) is 0 Å². The minimum atomic E-state index is -6.68. The first-order chi connectivity index (χ1) is 8.37. The second-order valence-electron chi connectivity index (χ2n) is 3.06. The van der Waals surface area contributed by atoms with E-state index in [9.17, 15) is 39.5 Å². The minimum Gasteiger partial charge on any atom is -0.301 e. The maximum absolute atomic E-state index is 13.3. The van der Waals surface area contributed by atoms with Crippen LogP contribution in [-0.4, -0.2) is 37.2 Å². The molecular weight excluding hydrogens is 318 g/mol. The zero-order valence-electron chi connectivity index (χ0n) is 8.70. The zero-order valence-corrected chi connectivity index (χ0v) is 9.85. The molecular formula is C6H6F9N2OP. The molecule has 0 rings (SSSR count). The average Bonchev–Trinajstić information content (AvgIpc) is 2.26. The van der Waals surface area contributed by atoms with Crippen LogP contribution in [0.2, 0.25) is 0 Å². The fraction of sp³-hybridized carbons (Fsp3) is 1.00. The number of rotatable bonds is 6. The standard InChI is InChI=1S/C6H6F9N2OP/c7-2-17-16-1-3(8,9)4(10,5(11,12)13)6(14,15)18-19/h1-2,19H2. The van der Waals surface area contributed by atoms with Crippen LogP contribution in [0.25, 0.3) is 0 Å². The Balaban J connectivity index is 5.68. The molecule has 2 atom stereocenters. The predicted molar refractivity (Wildman–Crippen MR) is 46.3 cm³/mol. The van der Waals surface area contributed by atoms with E-state index in [0.29, 0.717) is 9.47 Å². The second-order valence-corrected chi connectivity index (χ2v) is 3.29. The van der Waals surface area contributed by atoms with E-state index in [4.69, 9.17) is 0 Å². The van der Waals surface area contributed by atoms with Crippen molar-refractivity contribution < 1.29 is 44.0 Å². The van der Waals surface area contributed by atoms with Crippen molar-refractivity contribution in [3.63, 3.8) is 0 Å². The van der Waals surface area contributed by atoms with Gasteiger partial charge in [0, 0.05) is 9.47 Å². The van der Waals surface area contributed by atoms with Gasteiger partial charge in [-0.2, -0.15) is 32.2 Å². The van der Waals surface area contributed by atoms with E-state index in [1.165, 1.54) is 0 Å². The smallest absolute Gasteiger partial charge is 0.301 e. The molecule has 2 unspecified atom stereocenters. The van der Waals surface area contributed by atoms with Crippen LogP contribution >= 0.6 is 9.47 Å². The van der Waals surface area contributed by atoms with Gasteiger partial charge in [-0.15, -0.1) is 0 Å². The van der Waals surface area contributed by atoms with Gasteiger partial charge >= 0.3 is 23.9 Å². The molecule has 0 fully saturated rings. The van der Waals surface area contributed by atoms with Gasteiger partial charge in [0.1, 0.15) is 6.54 Å². The molecule has 0 spiro atoms.